The van der Waals surface area contributed by atoms with Crippen molar-refractivity contribution >= 4 is 27.9 Å². The lowest BCUT2D eigenvalue weighted by atomic mass is 10.2. The third-order valence-electron chi connectivity index (χ3n) is 1.51. The first kappa shape index (κ1) is 29.4. The molecule has 0 aliphatic carbocycles. The largest absolute Gasteiger partial charge is 0.673 e. The van der Waals surface area contributed by atoms with E-state index in [1.165, 1.54) is 0 Å². The Morgan fingerprint density at radius 1 is 0.731 bits per heavy atom. The Kier molecular flexibility index (Phi) is 12.8. The minimum Gasteiger partial charge on any atom is -0.444 e. The van der Waals surface area contributed by atoms with Gasteiger partial charge in [-0.2, -0.15) is 0 Å². The average molecular weight is 418 g/mol. The highest BCUT2D eigenvalue weighted by Gasteiger charge is 2.25. The normalized spacial score (nSPS) is 14.3. The number of nitrogens with zero attached hydrogens (tertiary/aromatic N) is 1. The quantitative estimate of drug-likeness (QED) is 0.383. The summed E-state index contributed by atoms with van der Waals surface area (Å²) < 4.78 is 122. The Morgan fingerprint density at radius 3 is 1.08 bits per heavy atom. The van der Waals surface area contributed by atoms with Crippen LogP contribution in [0.15, 0.2) is 0 Å². The van der Waals surface area contributed by atoms with E-state index in [1.807, 2.05) is 20.8 Å². The Morgan fingerprint density at radius 2 is 0.962 bits per heavy atom. The van der Waals surface area contributed by atoms with Crippen LogP contribution in [0.1, 0.15) is 27.2 Å². The molecule has 1 fully saturated rings. The smallest absolute Gasteiger partial charge is 0.444 e. The Bertz CT molecular complexity index is 341. The molecule has 1 saturated heterocycles. The number of likely N-dealkylation sites (tertiary alicyclic amines) is 1. The van der Waals surface area contributed by atoms with Crippen molar-refractivity contribution in [1.29, 1.82) is 0 Å². The van der Waals surface area contributed by atoms with Crippen LogP contribution >= 0.6 is 0 Å². The van der Waals surface area contributed by atoms with Gasteiger partial charge in [0.15, 0.2) is 0 Å². The maximum Gasteiger partial charge on any atom is 0.673 e. The minimum atomic E-state index is -6.00. The fraction of sp³-hybridized carbons (Fsp3) is 0.875. The molecule has 0 N–H and O–H groups in total. The number of amides is 1. The summed E-state index contributed by atoms with van der Waals surface area (Å²) in [5, 5.41) is 0. The summed E-state index contributed by atoms with van der Waals surface area (Å²) >= 11 is 0. The summed E-state index contributed by atoms with van der Waals surface area (Å²) in [5.41, 5.74) is -0.354. The number of carbonyl (C=O) groups is 1. The second-order valence-electron chi connectivity index (χ2n) is 5.31. The lowest BCUT2D eigenvalue weighted by Gasteiger charge is -2.32. The zero-order chi connectivity index (χ0) is 22.0. The monoisotopic (exact) mass is 418 g/mol. The average Bonchev–Trinajstić information content (AvgIpc) is 1.99. The molecule has 3 nitrogen and oxygen atoms in total. The molecule has 160 valence electrons. The highest BCUT2D eigenvalue weighted by molar-refractivity contribution is 6.50. The molecule has 0 atom stereocenters. The Balaban J connectivity index is -0.000000300. The maximum atomic E-state index is 11.1. The van der Waals surface area contributed by atoms with Gasteiger partial charge in [-0.05, 0) is 27.2 Å². The summed E-state index contributed by atoms with van der Waals surface area (Å²) in [6.45, 7) is 7.35. The molecule has 1 amide bonds. The number of carbonyl (C=O) groups excluding carboxylic acids is 1. The molecule has 0 saturated carbocycles. The van der Waals surface area contributed by atoms with Gasteiger partial charge in [0.05, 0.1) is 0 Å². The standard InChI is InChI=1S/C8H15NO2.3BF4/c1-8(2,3)11-7(10)9-5-4-6-9;3*2-1(3,4)5/h4-6H2,1-3H3;;;/q;3*-1. The van der Waals surface area contributed by atoms with Crippen LogP contribution in [-0.4, -0.2) is 51.4 Å². The van der Waals surface area contributed by atoms with Crippen molar-refractivity contribution in [1.82, 2.24) is 4.90 Å². The third kappa shape index (κ3) is 57.0. The molecular formula is C8H15B3F12NO2-3. The number of rotatable bonds is 0. The highest BCUT2D eigenvalue weighted by atomic mass is 19.5. The lowest BCUT2D eigenvalue weighted by Crippen LogP contribution is -2.44. The van der Waals surface area contributed by atoms with Gasteiger partial charge in [0.25, 0.3) is 0 Å². The molecule has 0 unspecified atom stereocenters. The van der Waals surface area contributed by atoms with Crippen molar-refractivity contribution in [2.45, 2.75) is 32.8 Å². The van der Waals surface area contributed by atoms with E-state index in [1.54, 1.807) is 4.90 Å². The number of hydrogen-bond acceptors (Lipinski definition) is 2. The van der Waals surface area contributed by atoms with Crippen molar-refractivity contribution in [3.63, 3.8) is 0 Å². The first-order valence-electron chi connectivity index (χ1n) is 6.59. The van der Waals surface area contributed by atoms with Crippen LogP contribution < -0.4 is 0 Å². The number of hydrogen-bond donors (Lipinski definition) is 0. The summed E-state index contributed by atoms with van der Waals surface area (Å²) in [4.78, 5) is 12.9. The second-order valence-corrected chi connectivity index (χ2v) is 5.31. The molecule has 0 spiro atoms. The molecule has 1 rings (SSSR count). The SMILES string of the molecule is CC(C)(C)OC(=O)N1CCC1.F[B-](F)(F)F.F[B-](F)(F)F.F[B-](F)(F)F. The summed E-state index contributed by atoms with van der Waals surface area (Å²) in [6.07, 6.45) is 0.933. The Hall–Kier alpha value is -1.38. The number of halogens is 12. The summed E-state index contributed by atoms with van der Waals surface area (Å²) in [5.74, 6) is 0. The van der Waals surface area contributed by atoms with E-state index in [4.69, 9.17) is 4.74 Å². The van der Waals surface area contributed by atoms with Gasteiger partial charge in [-0.1, -0.05) is 0 Å². The van der Waals surface area contributed by atoms with Gasteiger partial charge < -0.3 is 61.4 Å². The Labute approximate surface area is 141 Å². The molecule has 18 heteroatoms. The van der Waals surface area contributed by atoms with Gasteiger partial charge in [-0.25, -0.2) is 4.79 Å². The van der Waals surface area contributed by atoms with Gasteiger partial charge in [-0.3, -0.25) is 0 Å². The third-order valence-corrected chi connectivity index (χ3v) is 1.51. The van der Waals surface area contributed by atoms with Crippen LogP contribution in [0.25, 0.3) is 0 Å². The second kappa shape index (κ2) is 11.4. The van der Waals surface area contributed by atoms with Crippen LogP contribution in [0.5, 0.6) is 0 Å². The molecular weight excluding hydrogens is 403 g/mol. The fourth-order valence-corrected chi connectivity index (χ4v) is 0.825. The van der Waals surface area contributed by atoms with Crippen molar-refractivity contribution in [2.24, 2.45) is 0 Å². The number of ether oxygens (including phenoxy) is 1. The van der Waals surface area contributed by atoms with E-state index in [0.29, 0.717) is 0 Å². The molecule has 1 aliphatic rings. The van der Waals surface area contributed by atoms with Crippen LogP contribution in [0.2, 0.25) is 0 Å². The van der Waals surface area contributed by atoms with Gasteiger partial charge >= 0.3 is 27.9 Å². The molecule has 0 aromatic carbocycles. The first-order chi connectivity index (χ1) is 11.0. The fourth-order valence-electron chi connectivity index (χ4n) is 0.825. The van der Waals surface area contributed by atoms with E-state index in [-0.39, 0.29) is 11.7 Å². The zero-order valence-electron chi connectivity index (χ0n) is 13.7. The predicted molar refractivity (Wildman–Crippen MR) is 73.0 cm³/mol. The van der Waals surface area contributed by atoms with Crippen LogP contribution in [0, 0.1) is 0 Å². The molecule has 0 bridgehead atoms. The van der Waals surface area contributed by atoms with Gasteiger partial charge in [0.1, 0.15) is 5.60 Å². The highest BCUT2D eigenvalue weighted by Crippen LogP contribution is 2.14. The van der Waals surface area contributed by atoms with Crippen LogP contribution in [0.4, 0.5) is 56.6 Å². The lowest BCUT2D eigenvalue weighted by molar-refractivity contribution is 0.0130. The van der Waals surface area contributed by atoms with Crippen molar-refractivity contribution in [2.75, 3.05) is 13.1 Å². The van der Waals surface area contributed by atoms with E-state index >= 15 is 0 Å². The summed E-state index contributed by atoms with van der Waals surface area (Å²) in [6, 6.07) is 0. The minimum absolute atomic E-state index is 0.177. The van der Waals surface area contributed by atoms with Gasteiger partial charge in [0.2, 0.25) is 0 Å². The zero-order valence-corrected chi connectivity index (χ0v) is 13.7. The van der Waals surface area contributed by atoms with Gasteiger partial charge in [-0.15, -0.1) is 0 Å². The molecule has 1 aliphatic heterocycles. The molecule has 0 aromatic heterocycles. The van der Waals surface area contributed by atoms with Gasteiger partial charge in [0, 0.05) is 13.1 Å². The molecule has 0 radical (unpaired) electrons. The first-order valence-corrected chi connectivity index (χ1v) is 6.59. The molecule has 0 aromatic rings. The predicted octanol–water partition coefficient (Wildman–Crippen LogP) is 5.53. The van der Waals surface area contributed by atoms with Crippen LogP contribution in [0.3, 0.4) is 0 Å². The van der Waals surface area contributed by atoms with E-state index in [0.717, 1.165) is 19.5 Å². The van der Waals surface area contributed by atoms with Crippen molar-refractivity contribution in [3.8, 4) is 0 Å². The van der Waals surface area contributed by atoms with E-state index in [2.05, 4.69) is 0 Å². The van der Waals surface area contributed by atoms with Crippen LogP contribution in [-0.2, 0) is 4.74 Å². The van der Waals surface area contributed by atoms with E-state index in [9.17, 15) is 56.6 Å². The van der Waals surface area contributed by atoms with E-state index < -0.39 is 21.8 Å². The molecule has 26 heavy (non-hydrogen) atoms. The molecule has 1 heterocycles. The van der Waals surface area contributed by atoms with Crippen molar-refractivity contribution in [3.05, 3.63) is 0 Å². The topological polar surface area (TPSA) is 29.5 Å². The van der Waals surface area contributed by atoms with Crippen molar-refractivity contribution < 1.29 is 61.3 Å². The maximum absolute atomic E-state index is 11.1. The summed E-state index contributed by atoms with van der Waals surface area (Å²) in [7, 11) is -18.0.